The van der Waals surface area contributed by atoms with E-state index in [0.29, 0.717) is 0 Å². The molecule has 0 saturated heterocycles. The van der Waals surface area contributed by atoms with Crippen LogP contribution < -0.4 is 5.32 Å². The number of hydrogen-bond acceptors (Lipinski definition) is 2. The molecule has 1 rings (SSSR count). The highest BCUT2D eigenvalue weighted by atomic mass is 16.5. The third kappa shape index (κ3) is 2.49. The molecule has 3 heteroatoms. The van der Waals surface area contributed by atoms with Crippen LogP contribution in [0.25, 0.3) is 0 Å². The normalized spacial score (nSPS) is 9.64. The number of anilines is 1. The number of benzene rings is 1. The van der Waals surface area contributed by atoms with E-state index in [1.807, 2.05) is 19.1 Å². The Bertz CT molecular complexity index is 334. The lowest BCUT2D eigenvalue weighted by molar-refractivity contribution is 0.187. The third-order valence-corrected chi connectivity index (χ3v) is 2.12. The van der Waals surface area contributed by atoms with Gasteiger partial charge in [0.2, 0.25) is 0 Å². The highest BCUT2D eigenvalue weighted by Crippen LogP contribution is 2.16. The van der Waals surface area contributed by atoms with E-state index < -0.39 is 6.09 Å². The maximum atomic E-state index is 11.0. The number of aryl methyl sites for hydroxylation is 2. The molecule has 0 radical (unpaired) electrons. The minimum Gasteiger partial charge on any atom is -0.453 e. The van der Waals surface area contributed by atoms with Gasteiger partial charge >= 0.3 is 6.09 Å². The molecular weight excluding hydrogens is 178 g/mol. The minimum absolute atomic E-state index is 0.433. The highest BCUT2D eigenvalue weighted by Gasteiger charge is 2.03. The summed E-state index contributed by atoms with van der Waals surface area (Å²) in [5.41, 5.74) is 3.11. The summed E-state index contributed by atoms with van der Waals surface area (Å²) in [7, 11) is 1.35. The summed E-state index contributed by atoms with van der Waals surface area (Å²) in [5.74, 6) is 0. The van der Waals surface area contributed by atoms with Crippen molar-refractivity contribution in [2.45, 2.75) is 20.3 Å². The number of carbonyl (C=O) groups is 1. The van der Waals surface area contributed by atoms with Gasteiger partial charge in [0.25, 0.3) is 0 Å². The van der Waals surface area contributed by atoms with Crippen LogP contribution in [-0.4, -0.2) is 13.2 Å². The first kappa shape index (κ1) is 10.6. The Balaban J connectivity index is 2.83. The van der Waals surface area contributed by atoms with Crippen molar-refractivity contribution in [3.63, 3.8) is 0 Å². The molecule has 1 amide bonds. The number of amides is 1. The van der Waals surface area contributed by atoms with Crippen molar-refractivity contribution in [1.82, 2.24) is 0 Å². The van der Waals surface area contributed by atoms with Crippen LogP contribution >= 0.6 is 0 Å². The first-order valence-corrected chi connectivity index (χ1v) is 4.62. The molecule has 0 aromatic heterocycles. The van der Waals surface area contributed by atoms with Crippen LogP contribution in [0.15, 0.2) is 18.2 Å². The fraction of sp³-hybridized carbons (Fsp3) is 0.364. The molecule has 1 aromatic carbocycles. The van der Waals surface area contributed by atoms with Crippen LogP contribution in [0.5, 0.6) is 0 Å². The average Bonchev–Trinajstić information content (AvgIpc) is 2.20. The molecule has 14 heavy (non-hydrogen) atoms. The first-order chi connectivity index (χ1) is 6.67. The fourth-order valence-corrected chi connectivity index (χ4v) is 1.25. The zero-order valence-electron chi connectivity index (χ0n) is 8.76. The summed E-state index contributed by atoms with van der Waals surface area (Å²) >= 11 is 0. The van der Waals surface area contributed by atoms with Gasteiger partial charge in [-0.3, -0.25) is 5.32 Å². The summed E-state index contributed by atoms with van der Waals surface area (Å²) in [4.78, 5) is 11.0. The second kappa shape index (κ2) is 4.65. The van der Waals surface area contributed by atoms with Gasteiger partial charge in [-0.25, -0.2) is 4.79 Å². The van der Waals surface area contributed by atoms with E-state index in [9.17, 15) is 4.79 Å². The molecule has 1 aromatic rings. The Hall–Kier alpha value is -1.51. The Morgan fingerprint density at radius 3 is 2.71 bits per heavy atom. The van der Waals surface area contributed by atoms with Crippen LogP contribution in [0, 0.1) is 6.92 Å². The second-order valence-corrected chi connectivity index (χ2v) is 3.12. The van der Waals surface area contributed by atoms with Gasteiger partial charge in [-0.15, -0.1) is 0 Å². The zero-order valence-corrected chi connectivity index (χ0v) is 8.76. The quantitative estimate of drug-likeness (QED) is 0.784. The Morgan fingerprint density at radius 1 is 1.50 bits per heavy atom. The van der Waals surface area contributed by atoms with Gasteiger partial charge in [0.1, 0.15) is 0 Å². The smallest absolute Gasteiger partial charge is 0.411 e. The van der Waals surface area contributed by atoms with E-state index in [2.05, 4.69) is 23.0 Å². The van der Waals surface area contributed by atoms with Gasteiger partial charge in [-0.2, -0.15) is 0 Å². The molecular formula is C11H15NO2. The summed E-state index contributed by atoms with van der Waals surface area (Å²) in [5, 5.41) is 2.65. The number of methoxy groups -OCH3 is 1. The Labute approximate surface area is 84.1 Å². The van der Waals surface area contributed by atoms with Crippen molar-refractivity contribution in [2.24, 2.45) is 0 Å². The van der Waals surface area contributed by atoms with Gasteiger partial charge in [0.05, 0.1) is 7.11 Å². The number of nitrogens with one attached hydrogen (secondary N) is 1. The molecule has 0 saturated carbocycles. The van der Waals surface area contributed by atoms with E-state index in [4.69, 9.17) is 0 Å². The van der Waals surface area contributed by atoms with Gasteiger partial charge in [0, 0.05) is 5.69 Å². The number of hydrogen-bond donors (Lipinski definition) is 1. The van der Waals surface area contributed by atoms with Crippen LogP contribution in [0.4, 0.5) is 10.5 Å². The summed E-state index contributed by atoms with van der Waals surface area (Å²) in [6.07, 6.45) is 0.566. The topological polar surface area (TPSA) is 38.3 Å². The summed E-state index contributed by atoms with van der Waals surface area (Å²) in [6, 6.07) is 5.95. The van der Waals surface area contributed by atoms with Gasteiger partial charge < -0.3 is 4.74 Å². The van der Waals surface area contributed by atoms with E-state index in [1.54, 1.807) is 0 Å². The van der Waals surface area contributed by atoms with Crippen molar-refractivity contribution < 1.29 is 9.53 Å². The SMILES string of the molecule is CCc1ccc(NC(=O)OC)c(C)c1. The van der Waals surface area contributed by atoms with Gasteiger partial charge in [-0.05, 0) is 30.5 Å². The molecule has 0 bridgehead atoms. The zero-order chi connectivity index (χ0) is 10.6. The largest absolute Gasteiger partial charge is 0.453 e. The van der Waals surface area contributed by atoms with Crippen LogP contribution in [-0.2, 0) is 11.2 Å². The molecule has 76 valence electrons. The van der Waals surface area contributed by atoms with E-state index >= 15 is 0 Å². The van der Waals surface area contributed by atoms with Crippen molar-refractivity contribution in [3.05, 3.63) is 29.3 Å². The first-order valence-electron chi connectivity index (χ1n) is 4.62. The molecule has 0 atom stereocenters. The molecule has 0 unspecified atom stereocenters. The molecule has 0 spiro atoms. The minimum atomic E-state index is -0.433. The molecule has 0 aliphatic carbocycles. The predicted octanol–water partition coefficient (Wildman–Crippen LogP) is 2.74. The van der Waals surface area contributed by atoms with Crippen LogP contribution in [0.2, 0.25) is 0 Å². The van der Waals surface area contributed by atoms with Crippen LogP contribution in [0.3, 0.4) is 0 Å². The maximum absolute atomic E-state index is 11.0. The molecule has 0 heterocycles. The average molecular weight is 193 g/mol. The highest BCUT2D eigenvalue weighted by molar-refractivity contribution is 5.85. The molecule has 0 fully saturated rings. The summed E-state index contributed by atoms with van der Waals surface area (Å²) < 4.78 is 4.52. The molecule has 1 N–H and O–H groups in total. The van der Waals surface area contributed by atoms with Gasteiger partial charge in [0.15, 0.2) is 0 Å². The molecule has 0 aliphatic heterocycles. The van der Waals surface area contributed by atoms with Crippen molar-refractivity contribution in [2.75, 3.05) is 12.4 Å². The van der Waals surface area contributed by atoms with Gasteiger partial charge in [-0.1, -0.05) is 19.1 Å². The number of ether oxygens (including phenoxy) is 1. The fourth-order valence-electron chi connectivity index (χ4n) is 1.25. The van der Waals surface area contributed by atoms with Crippen molar-refractivity contribution in [1.29, 1.82) is 0 Å². The lowest BCUT2D eigenvalue weighted by atomic mass is 10.1. The Kier molecular flexibility index (Phi) is 3.51. The number of rotatable bonds is 2. The number of carbonyl (C=O) groups excluding carboxylic acids is 1. The Morgan fingerprint density at radius 2 is 2.21 bits per heavy atom. The van der Waals surface area contributed by atoms with Crippen molar-refractivity contribution in [3.8, 4) is 0 Å². The van der Waals surface area contributed by atoms with Crippen LogP contribution in [0.1, 0.15) is 18.1 Å². The van der Waals surface area contributed by atoms with E-state index in [-0.39, 0.29) is 0 Å². The maximum Gasteiger partial charge on any atom is 0.411 e. The lowest BCUT2D eigenvalue weighted by Crippen LogP contribution is -2.11. The molecule has 0 aliphatic rings. The van der Waals surface area contributed by atoms with E-state index in [0.717, 1.165) is 17.7 Å². The lowest BCUT2D eigenvalue weighted by Gasteiger charge is -2.08. The standard InChI is InChI=1S/C11H15NO2/c1-4-9-5-6-10(8(2)7-9)12-11(13)14-3/h5-7H,4H2,1-3H3,(H,12,13). The molecule has 3 nitrogen and oxygen atoms in total. The monoisotopic (exact) mass is 193 g/mol. The summed E-state index contributed by atoms with van der Waals surface area (Å²) in [6.45, 7) is 4.06. The van der Waals surface area contributed by atoms with E-state index in [1.165, 1.54) is 12.7 Å². The predicted molar refractivity (Wildman–Crippen MR) is 56.6 cm³/mol. The second-order valence-electron chi connectivity index (χ2n) is 3.12. The van der Waals surface area contributed by atoms with Crippen molar-refractivity contribution >= 4 is 11.8 Å². The third-order valence-electron chi connectivity index (χ3n) is 2.12.